The van der Waals surface area contributed by atoms with Crippen LogP contribution in [0.5, 0.6) is 0 Å². The first-order valence-electron chi connectivity index (χ1n) is 20.4. The van der Waals surface area contributed by atoms with Crippen LogP contribution in [0.3, 0.4) is 0 Å². The average Bonchev–Trinajstić information content (AvgIpc) is 3.63. The number of rotatable bonds is 10. The average molecular weight is 809 g/mol. The molecule has 0 radical (unpaired) electrons. The van der Waals surface area contributed by atoms with Crippen molar-refractivity contribution in [2.75, 3.05) is 38.0 Å². The number of amides is 2. The number of fused-ring (bicyclic) bond motifs is 1. The predicted molar refractivity (Wildman–Crippen MR) is 224 cm³/mol. The van der Waals surface area contributed by atoms with E-state index < -0.39 is 28.7 Å². The Morgan fingerprint density at radius 1 is 0.898 bits per heavy atom. The Labute approximate surface area is 344 Å². The van der Waals surface area contributed by atoms with E-state index in [4.69, 9.17) is 9.47 Å². The fourth-order valence-corrected chi connectivity index (χ4v) is 7.81. The lowest BCUT2D eigenvalue weighted by molar-refractivity contribution is -0.0661. The molecule has 2 saturated heterocycles. The fourth-order valence-electron chi connectivity index (χ4n) is 7.81. The van der Waals surface area contributed by atoms with Crippen LogP contribution < -0.4 is 5.32 Å². The van der Waals surface area contributed by atoms with Crippen molar-refractivity contribution in [3.63, 3.8) is 0 Å². The predicted octanol–water partition coefficient (Wildman–Crippen LogP) is 8.78. The van der Waals surface area contributed by atoms with Gasteiger partial charge in [-0.3, -0.25) is 4.79 Å². The fraction of sp³-hybridized carbons (Fsp3) is 0.435. The minimum atomic E-state index is -1.28. The van der Waals surface area contributed by atoms with E-state index in [0.29, 0.717) is 46.5 Å². The molecule has 2 aliphatic rings. The summed E-state index contributed by atoms with van der Waals surface area (Å²) in [5, 5.41) is 13.6. The third kappa shape index (κ3) is 10.1. The third-order valence-electron chi connectivity index (χ3n) is 11.2. The summed E-state index contributed by atoms with van der Waals surface area (Å²) in [7, 11) is 0. The summed E-state index contributed by atoms with van der Waals surface area (Å²) in [6.07, 6.45) is 6.20. The Hall–Kier alpha value is -5.24. The van der Waals surface area contributed by atoms with Gasteiger partial charge in [0, 0.05) is 55.1 Å². The zero-order valence-electron chi connectivity index (χ0n) is 34.7. The van der Waals surface area contributed by atoms with Crippen molar-refractivity contribution in [3.8, 4) is 22.5 Å². The molecule has 0 aliphatic carbocycles. The highest BCUT2D eigenvalue weighted by atomic mass is 19.1. The van der Waals surface area contributed by atoms with E-state index >= 15 is 4.39 Å². The number of ether oxygens (including phenoxy) is 2. The van der Waals surface area contributed by atoms with E-state index in [1.165, 1.54) is 50.0 Å². The number of benzene rings is 3. The number of aromatic amines is 1. The normalized spacial score (nSPS) is 16.1. The molecule has 2 amide bonds. The van der Waals surface area contributed by atoms with Gasteiger partial charge in [-0.05, 0) is 126 Å². The van der Waals surface area contributed by atoms with Gasteiger partial charge in [0.1, 0.15) is 29.2 Å². The summed E-state index contributed by atoms with van der Waals surface area (Å²) in [6.45, 7) is 14.7. The highest BCUT2D eigenvalue weighted by molar-refractivity contribution is 6.06. The van der Waals surface area contributed by atoms with Crippen LogP contribution in [0.2, 0.25) is 0 Å². The first kappa shape index (κ1) is 41.9. The maximum absolute atomic E-state index is 15.1. The van der Waals surface area contributed by atoms with Gasteiger partial charge >= 0.3 is 6.09 Å². The van der Waals surface area contributed by atoms with E-state index in [-0.39, 0.29) is 29.6 Å². The highest BCUT2D eigenvalue weighted by Crippen LogP contribution is 2.35. The topological polar surface area (TPSA) is 133 Å². The SMILES string of the molecule is Cc1c(NC(=O)c2ccc(C(C)(C)O)cc2F)cc(F)cc1-c1ncnc2[nH]c(-c3ccc(CCN4CCC(OC5CCN(C(=O)OC(C)(C)C)CC5)CC4)cc3)cc12. The van der Waals surface area contributed by atoms with Crippen LogP contribution in [0.1, 0.15) is 87.4 Å². The molecule has 0 spiro atoms. The molecule has 2 fully saturated rings. The molecule has 2 aromatic heterocycles. The van der Waals surface area contributed by atoms with Crippen molar-refractivity contribution in [3.05, 3.63) is 101 Å². The molecular formula is C46H54F2N6O5. The first-order valence-corrected chi connectivity index (χ1v) is 20.4. The largest absolute Gasteiger partial charge is 0.444 e. The van der Waals surface area contributed by atoms with Crippen LogP contribution >= 0.6 is 0 Å². The van der Waals surface area contributed by atoms with Crippen LogP contribution in [0.15, 0.2) is 67.0 Å². The summed E-state index contributed by atoms with van der Waals surface area (Å²) in [4.78, 5) is 42.2. The van der Waals surface area contributed by atoms with Gasteiger partial charge in [0.2, 0.25) is 0 Å². The summed E-state index contributed by atoms with van der Waals surface area (Å²) in [6, 6.07) is 16.9. The molecule has 0 bridgehead atoms. The third-order valence-corrected chi connectivity index (χ3v) is 11.2. The number of aliphatic hydroxyl groups is 1. The van der Waals surface area contributed by atoms with Crippen molar-refractivity contribution < 1.29 is 33.0 Å². The van der Waals surface area contributed by atoms with Gasteiger partial charge in [-0.25, -0.2) is 23.5 Å². The van der Waals surface area contributed by atoms with Crippen molar-refractivity contribution in [1.29, 1.82) is 0 Å². The summed E-state index contributed by atoms with van der Waals surface area (Å²) in [5.41, 5.74) is 3.62. The molecule has 0 atom stereocenters. The van der Waals surface area contributed by atoms with Gasteiger partial charge in [0.25, 0.3) is 5.91 Å². The van der Waals surface area contributed by atoms with Gasteiger partial charge in [-0.1, -0.05) is 30.3 Å². The van der Waals surface area contributed by atoms with E-state index in [1.807, 2.05) is 26.8 Å². The number of aromatic nitrogens is 3. The van der Waals surface area contributed by atoms with Gasteiger partial charge in [-0.15, -0.1) is 0 Å². The maximum Gasteiger partial charge on any atom is 0.410 e. The van der Waals surface area contributed by atoms with Crippen LogP contribution in [-0.2, 0) is 21.5 Å². The lowest BCUT2D eigenvalue weighted by atomic mass is 9.96. The second-order valence-electron chi connectivity index (χ2n) is 17.3. The zero-order valence-corrected chi connectivity index (χ0v) is 34.7. The van der Waals surface area contributed by atoms with E-state index in [2.05, 4.69) is 49.4 Å². The van der Waals surface area contributed by atoms with E-state index in [9.17, 15) is 19.1 Å². The van der Waals surface area contributed by atoms with Crippen LogP contribution in [0.4, 0.5) is 19.3 Å². The Morgan fingerprint density at radius 2 is 1.58 bits per heavy atom. The Kier molecular flexibility index (Phi) is 12.2. The second kappa shape index (κ2) is 17.2. The Balaban J connectivity index is 0.944. The molecule has 2 aliphatic heterocycles. The minimum Gasteiger partial charge on any atom is -0.444 e. The lowest BCUT2D eigenvalue weighted by Crippen LogP contribution is -2.45. The monoisotopic (exact) mass is 808 g/mol. The molecule has 5 aromatic rings. The standard InChI is InChI=1S/C46H54F2N6O5/c1-28-36(24-32(47)25-39(28)52-43(55)35-12-11-31(23-38(35)48)46(5,6)57)41-37-26-40(51-42(37)50-27-49-41)30-9-7-29(8-10-30)13-18-53-19-14-33(15-20-53)58-34-16-21-54(22-17-34)44(56)59-45(2,3)4/h7-12,23-27,33-34,57H,13-22H2,1-6H3,(H,52,55)(H,49,50,51). The number of halogens is 2. The van der Waals surface area contributed by atoms with E-state index in [1.54, 1.807) is 11.8 Å². The number of piperidine rings is 2. The van der Waals surface area contributed by atoms with Crippen molar-refractivity contribution in [2.45, 2.75) is 97.1 Å². The van der Waals surface area contributed by atoms with Crippen LogP contribution in [-0.4, -0.2) is 92.4 Å². The Morgan fingerprint density at radius 3 is 2.22 bits per heavy atom. The molecule has 59 heavy (non-hydrogen) atoms. The van der Waals surface area contributed by atoms with Crippen molar-refractivity contribution in [2.24, 2.45) is 0 Å². The van der Waals surface area contributed by atoms with Crippen molar-refractivity contribution >= 4 is 28.7 Å². The molecule has 7 rings (SSSR count). The lowest BCUT2D eigenvalue weighted by Gasteiger charge is -2.37. The number of likely N-dealkylation sites (tertiary alicyclic amines) is 2. The zero-order chi connectivity index (χ0) is 42.1. The van der Waals surface area contributed by atoms with E-state index in [0.717, 1.165) is 69.1 Å². The number of nitrogens with zero attached hydrogens (tertiary/aromatic N) is 4. The molecule has 312 valence electrons. The van der Waals surface area contributed by atoms with Gasteiger partial charge < -0.3 is 34.7 Å². The molecule has 13 heteroatoms. The summed E-state index contributed by atoms with van der Waals surface area (Å²) in [5.74, 6) is -2.13. The summed E-state index contributed by atoms with van der Waals surface area (Å²) >= 11 is 0. The quantitative estimate of drug-likeness (QED) is 0.128. The highest BCUT2D eigenvalue weighted by Gasteiger charge is 2.30. The van der Waals surface area contributed by atoms with Crippen LogP contribution in [0.25, 0.3) is 33.5 Å². The number of carbonyl (C=O) groups excluding carboxylic acids is 2. The van der Waals surface area contributed by atoms with Gasteiger partial charge in [0.15, 0.2) is 0 Å². The number of hydrogen-bond acceptors (Lipinski definition) is 8. The minimum absolute atomic E-state index is 0.181. The Bertz CT molecular complexity index is 2300. The second-order valence-corrected chi connectivity index (χ2v) is 17.3. The number of carbonyl (C=O) groups is 2. The molecule has 11 nitrogen and oxygen atoms in total. The number of anilines is 1. The first-order chi connectivity index (χ1) is 28.0. The van der Waals surface area contributed by atoms with Gasteiger partial charge in [0.05, 0.1) is 29.1 Å². The molecule has 0 unspecified atom stereocenters. The number of nitrogens with one attached hydrogen (secondary N) is 2. The summed E-state index contributed by atoms with van der Waals surface area (Å²) < 4.78 is 42.1. The molecule has 3 N–H and O–H groups in total. The molecule has 4 heterocycles. The number of hydrogen-bond donors (Lipinski definition) is 3. The maximum atomic E-state index is 15.1. The van der Waals surface area contributed by atoms with Crippen molar-refractivity contribution in [1.82, 2.24) is 24.8 Å². The number of H-pyrrole nitrogens is 1. The molecule has 3 aromatic carbocycles. The molecule has 0 saturated carbocycles. The molecular weight excluding hydrogens is 755 g/mol. The smallest absolute Gasteiger partial charge is 0.410 e. The van der Waals surface area contributed by atoms with Gasteiger partial charge in [-0.2, -0.15) is 0 Å². The van der Waals surface area contributed by atoms with Crippen LogP contribution in [0, 0.1) is 18.6 Å².